The Morgan fingerprint density at radius 2 is 1.29 bits per heavy atom. The van der Waals surface area contributed by atoms with E-state index in [4.69, 9.17) is 2.81 Å². The Kier molecular flexibility index (Phi) is 400. The summed E-state index contributed by atoms with van der Waals surface area (Å²) in [6.45, 7) is 0. The molecule has 2 radical (unpaired) electrons. The van der Waals surface area contributed by atoms with Crippen LogP contribution >= 0.6 is 0 Å². The maximum atomic E-state index is 8.34. The van der Waals surface area contributed by atoms with Gasteiger partial charge in [-0.15, -0.1) is 0 Å². The second-order valence-electron chi connectivity index (χ2n) is 0. The minimum atomic E-state index is 0. The Hall–Kier alpha value is 3.33. The van der Waals surface area contributed by atoms with E-state index in [1.807, 2.05) is 0 Å². The zero-order chi connectivity index (χ0) is 2.00. The van der Waals surface area contributed by atoms with Crippen molar-refractivity contribution in [3.8, 4) is 0 Å². The molecule has 0 rings (SSSR count). The SMILES string of the molecule is [AlH3].[Co].[H-].[Li+].[Mn].[Ni].[O]=[Zr]. The first kappa shape index (κ1) is 47.9. The standard InChI is InChI=1S/Al.Co.Li.Mn.Ni.O.Zr.4H/q;;+1;;;;;;;;-1. The molecule has 0 aromatic rings. The van der Waals surface area contributed by atoms with Crippen molar-refractivity contribution in [1.82, 2.24) is 0 Å². The molecule has 0 saturated carbocycles. The van der Waals surface area contributed by atoms with Crippen LogP contribution in [-0.2, 0) is 77.9 Å². The van der Waals surface area contributed by atoms with E-state index in [1.54, 1.807) is 0 Å². The summed E-state index contributed by atoms with van der Waals surface area (Å²) in [6.07, 6.45) is 0. The van der Waals surface area contributed by atoms with Crippen molar-refractivity contribution in [3.05, 3.63) is 0 Å². The Labute approximate surface area is 114 Å². The van der Waals surface area contributed by atoms with Crippen LogP contribution in [0, 0.1) is 0 Å². The van der Waals surface area contributed by atoms with Gasteiger partial charge in [0.2, 0.25) is 0 Å². The normalized spacial score (nSPS) is 0.429. The van der Waals surface area contributed by atoms with E-state index in [1.165, 1.54) is 0 Å². The van der Waals surface area contributed by atoms with E-state index < -0.39 is 0 Å². The fourth-order valence-electron chi connectivity index (χ4n) is 0. The van der Waals surface area contributed by atoms with Crippen LogP contribution in [0.5, 0.6) is 0 Å². The van der Waals surface area contributed by atoms with Gasteiger partial charge in [0.25, 0.3) is 0 Å². The summed E-state index contributed by atoms with van der Waals surface area (Å²) < 4.78 is 8.34. The monoisotopic (exact) mass is 316 g/mol. The number of hydrogen-bond acceptors (Lipinski definition) is 1. The molecule has 0 aliphatic heterocycles. The number of hydrogen-bond donors (Lipinski definition) is 0. The van der Waals surface area contributed by atoms with Crippen LogP contribution in [0.15, 0.2) is 0 Å². The van der Waals surface area contributed by atoms with Gasteiger partial charge in [0.1, 0.15) is 0 Å². The topological polar surface area (TPSA) is 17.1 Å². The predicted octanol–water partition coefficient (Wildman–Crippen LogP) is -4.20. The summed E-state index contributed by atoms with van der Waals surface area (Å²) in [6, 6.07) is 0. The molecule has 0 heterocycles. The Morgan fingerprint density at radius 3 is 1.29 bits per heavy atom. The molecule has 0 saturated heterocycles. The molecule has 0 unspecified atom stereocenters. The van der Waals surface area contributed by atoms with Crippen molar-refractivity contribution in [3.63, 3.8) is 0 Å². The van der Waals surface area contributed by atoms with Gasteiger partial charge in [-0.3, -0.25) is 0 Å². The van der Waals surface area contributed by atoms with Crippen molar-refractivity contribution in [2.45, 2.75) is 0 Å². The molecule has 7 heteroatoms. The van der Waals surface area contributed by atoms with Crippen LogP contribution < -0.4 is 18.9 Å². The molecule has 0 amide bonds. The van der Waals surface area contributed by atoms with E-state index in [0.29, 0.717) is 24.7 Å². The van der Waals surface area contributed by atoms with E-state index in [9.17, 15) is 0 Å². The third-order valence-corrected chi connectivity index (χ3v) is 0. The maximum absolute atomic E-state index is 8.34. The summed E-state index contributed by atoms with van der Waals surface area (Å²) in [5.74, 6) is 0. The minimum absolute atomic E-state index is 0. The first-order chi connectivity index (χ1) is 1.00. The van der Waals surface area contributed by atoms with Crippen LogP contribution in [0.4, 0.5) is 0 Å². The fourth-order valence-corrected chi connectivity index (χ4v) is 0. The van der Waals surface area contributed by atoms with Gasteiger partial charge in [-0.2, -0.15) is 0 Å². The molecule has 7 heavy (non-hydrogen) atoms. The van der Waals surface area contributed by atoms with E-state index in [-0.39, 0.29) is 88.0 Å². The van der Waals surface area contributed by atoms with Crippen molar-refractivity contribution in [1.29, 1.82) is 0 Å². The average molecular weight is 318 g/mol. The summed E-state index contributed by atoms with van der Waals surface area (Å²) in [5.41, 5.74) is 0. The summed E-state index contributed by atoms with van der Waals surface area (Å²) >= 11 is 0.300. The molecule has 0 bridgehead atoms. The van der Waals surface area contributed by atoms with Gasteiger partial charge in [0.05, 0.1) is 0 Å². The predicted molar refractivity (Wildman–Crippen MR) is 11.7 cm³/mol. The zero-order valence-corrected chi connectivity index (χ0v) is 8.60. The quantitative estimate of drug-likeness (QED) is 0.414. The molecule has 0 N–H and O–H groups in total. The number of rotatable bonds is 0. The van der Waals surface area contributed by atoms with Crippen molar-refractivity contribution < 1.29 is 98.2 Å². The van der Waals surface area contributed by atoms with E-state index >= 15 is 0 Å². The zero-order valence-electron chi connectivity index (χ0n) is 3.94. The van der Waals surface area contributed by atoms with Gasteiger partial charge in [0.15, 0.2) is 17.4 Å². The Bertz CT molecular complexity index is 24.0. The van der Waals surface area contributed by atoms with Gasteiger partial charge in [-0.1, -0.05) is 0 Å². The van der Waals surface area contributed by atoms with Crippen LogP contribution in [0.3, 0.4) is 0 Å². The summed E-state index contributed by atoms with van der Waals surface area (Å²) in [5, 5.41) is 0. The third kappa shape index (κ3) is 45.2. The molecule has 0 aromatic carbocycles. The van der Waals surface area contributed by atoms with E-state index in [2.05, 4.69) is 0 Å². The molecule has 0 aliphatic carbocycles. The second-order valence-corrected chi connectivity index (χ2v) is 0. The second kappa shape index (κ2) is 58.3. The van der Waals surface area contributed by atoms with Crippen LogP contribution in [-0.4, -0.2) is 17.4 Å². The first-order valence-electron chi connectivity index (χ1n) is 0.204. The summed E-state index contributed by atoms with van der Waals surface area (Å²) in [4.78, 5) is 0. The molecule has 44 valence electrons. The van der Waals surface area contributed by atoms with Crippen LogP contribution in [0.25, 0.3) is 0 Å². The van der Waals surface area contributed by atoms with Gasteiger partial charge < -0.3 is 1.43 Å². The first-order valence-corrected chi connectivity index (χ1v) is 1.21. The fraction of sp³-hybridized carbons (Fsp3) is 0. The van der Waals surface area contributed by atoms with Gasteiger partial charge in [-0.05, 0) is 0 Å². The van der Waals surface area contributed by atoms with Crippen molar-refractivity contribution in [2.24, 2.45) is 0 Å². The molecule has 0 spiro atoms. The average Bonchev–Trinajstić information content (AvgIpc) is 1.00. The molecular weight excluding hydrogens is 314 g/mol. The van der Waals surface area contributed by atoms with Crippen LogP contribution in [0.2, 0.25) is 0 Å². The molecule has 0 fully saturated rings. The van der Waals surface area contributed by atoms with Gasteiger partial charge >= 0.3 is 46.4 Å². The molecule has 0 aliphatic rings. The van der Waals surface area contributed by atoms with Crippen LogP contribution in [0.1, 0.15) is 1.43 Å². The molecule has 1 nitrogen and oxygen atoms in total. The Morgan fingerprint density at radius 1 is 1.29 bits per heavy atom. The molecule has 0 aromatic heterocycles. The van der Waals surface area contributed by atoms with E-state index in [0.717, 1.165) is 0 Å². The van der Waals surface area contributed by atoms with Gasteiger partial charge in [-0.25, -0.2) is 0 Å². The molecular formula is H4AlCoLiMnNiOZr. The third-order valence-electron chi connectivity index (χ3n) is 0. The molecule has 0 atom stereocenters. The van der Waals surface area contributed by atoms with Gasteiger partial charge in [0, 0.05) is 50.3 Å². The van der Waals surface area contributed by atoms with Crippen molar-refractivity contribution >= 4 is 17.4 Å². The summed E-state index contributed by atoms with van der Waals surface area (Å²) in [7, 11) is 0. The Balaban J connectivity index is -0.000000000333. The van der Waals surface area contributed by atoms with Crippen molar-refractivity contribution in [2.75, 3.05) is 0 Å².